The van der Waals surface area contributed by atoms with Gasteiger partial charge in [-0.15, -0.1) is 0 Å². The topological polar surface area (TPSA) is 78.6 Å². The van der Waals surface area contributed by atoms with Crippen molar-refractivity contribution in [2.75, 3.05) is 13.2 Å². The molecule has 2 aromatic carbocycles. The van der Waals surface area contributed by atoms with Gasteiger partial charge in [-0.05, 0) is 30.7 Å². The van der Waals surface area contributed by atoms with E-state index in [1.54, 1.807) is 38.1 Å². The number of carbonyl (C=O) groups is 1. The first-order chi connectivity index (χ1) is 10.0. The number of hydrogen-bond acceptors (Lipinski definition) is 4. The van der Waals surface area contributed by atoms with E-state index in [4.69, 9.17) is 14.8 Å². The maximum Gasteiger partial charge on any atom is 0.362 e. The highest BCUT2D eigenvalue weighted by molar-refractivity contribution is 7.62. The molecule has 0 aromatic heterocycles. The molecule has 0 saturated carbocycles. The summed E-state index contributed by atoms with van der Waals surface area (Å²) in [4.78, 5) is 11.9. The van der Waals surface area contributed by atoms with Crippen LogP contribution in [0.25, 0.3) is 10.8 Å². The fourth-order valence-corrected chi connectivity index (χ4v) is 4.06. The van der Waals surface area contributed by atoms with Gasteiger partial charge in [0.1, 0.15) is 0 Å². The quantitative estimate of drug-likeness (QED) is 0.832. The standard InChI is InChI=1S/C15H18NO4P/c1-3-19-21(18,20-4-2)13-10-9-11-7-5-6-8-12(11)14(13)15(16)17/h5-10H,3-4H2,1-2H3,(H2,16,17). The van der Waals surface area contributed by atoms with Gasteiger partial charge in [-0.25, -0.2) is 0 Å². The number of benzene rings is 2. The summed E-state index contributed by atoms with van der Waals surface area (Å²) < 4.78 is 23.6. The van der Waals surface area contributed by atoms with Gasteiger partial charge in [0.05, 0.1) is 24.1 Å². The lowest BCUT2D eigenvalue weighted by Gasteiger charge is -2.20. The van der Waals surface area contributed by atoms with E-state index >= 15 is 0 Å². The molecular formula is C15H18NO4P. The predicted molar refractivity (Wildman–Crippen MR) is 83.0 cm³/mol. The van der Waals surface area contributed by atoms with Crippen LogP contribution < -0.4 is 11.0 Å². The highest BCUT2D eigenvalue weighted by Crippen LogP contribution is 2.48. The van der Waals surface area contributed by atoms with Gasteiger partial charge in [-0.1, -0.05) is 30.3 Å². The number of hydrogen-bond donors (Lipinski definition) is 1. The summed E-state index contributed by atoms with van der Waals surface area (Å²) >= 11 is 0. The largest absolute Gasteiger partial charge is 0.366 e. The van der Waals surface area contributed by atoms with Crippen LogP contribution in [-0.2, 0) is 13.6 Å². The van der Waals surface area contributed by atoms with Gasteiger partial charge in [0.2, 0.25) is 5.91 Å². The number of rotatable bonds is 6. The van der Waals surface area contributed by atoms with Crippen molar-refractivity contribution in [3.63, 3.8) is 0 Å². The van der Waals surface area contributed by atoms with Crippen LogP contribution in [0.15, 0.2) is 36.4 Å². The molecule has 0 bridgehead atoms. The molecular weight excluding hydrogens is 289 g/mol. The Hall–Kier alpha value is -1.68. The van der Waals surface area contributed by atoms with E-state index < -0.39 is 13.5 Å². The second kappa shape index (κ2) is 6.39. The number of fused-ring (bicyclic) bond motifs is 1. The Kier molecular flexibility index (Phi) is 4.78. The molecule has 2 N–H and O–H groups in total. The molecule has 2 rings (SSSR count). The van der Waals surface area contributed by atoms with E-state index in [0.29, 0.717) is 5.39 Å². The van der Waals surface area contributed by atoms with Gasteiger partial charge in [0.15, 0.2) is 0 Å². The lowest BCUT2D eigenvalue weighted by atomic mass is 10.0. The molecule has 1 amide bonds. The van der Waals surface area contributed by atoms with E-state index in [1.165, 1.54) is 0 Å². The van der Waals surface area contributed by atoms with Crippen molar-refractivity contribution in [2.24, 2.45) is 5.73 Å². The molecule has 21 heavy (non-hydrogen) atoms. The summed E-state index contributed by atoms with van der Waals surface area (Å²) in [5, 5.41) is 1.70. The van der Waals surface area contributed by atoms with Gasteiger partial charge in [0.25, 0.3) is 0 Å². The van der Waals surface area contributed by atoms with Crippen molar-refractivity contribution in [3.8, 4) is 0 Å². The van der Waals surface area contributed by atoms with Crippen LogP contribution in [0, 0.1) is 0 Å². The van der Waals surface area contributed by atoms with Gasteiger partial charge < -0.3 is 14.8 Å². The fourth-order valence-electron chi connectivity index (χ4n) is 2.26. The van der Waals surface area contributed by atoms with Gasteiger partial charge >= 0.3 is 7.60 Å². The van der Waals surface area contributed by atoms with Crippen molar-refractivity contribution in [3.05, 3.63) is 42.0 Å². The van der Waals surface area contributed by atoms with Crippen molar-refractivity contribution in [2.45, 2.75) is 13.8 Å². The molecule has 0 atom stereocenters. The number of amides is 1. The van der Waals surface area contributed by atoms with Crippen LogP contribution in [0.4, 0.5) is 0 Å². The Morgan fingerprint density at radius 3 is 2.29 bits per heavy atom. The summed E-state index contributed by atoms with van der Waals surface area (Å²) in [7, 11) is -3.57. The zero-order valence-electron chi connectivity index (χ0n) is 12.0. The zero-order valence-corrected chi connectivity index (χ0v) is 12.9. The average molecular weight is 307 g/mol. The van der Waals surface area contributed by atoms with Crippen molar-refractivity contribution >= 4 is 29.6 Å². The minimum absolute atomic E-state index is 0.193. The van der Waals surface area contributed by atoms with Crippen molar-refractivity contribution in [1.82, 2.24) is 0 Å². The minimum atomic E-state index is -3.57. The maximum atomic E-state index is 12.9. The zero-order chi connectivity index (χ0) is 15.5. The molecule has 0 fully saturated rings. The molecule has 0 aliphatic heterocycles. The minimum Gasteiger partial charge on any atom is -0.366 e. The molecule has 0 saturated heterocycles. The van der Waals surface area contributed by atoms with Crippen molar-refractivity contribution in [1.29, 1.82) is 0 Å². The Labute approximate surface area is 123 Å². The molecule has 112 valence electrons. The third-order valence-corrected chi connectivity index (χ3v) is 5.21. The summed E-state index contributed by atoms with van der Waals surface area (Å²) in [6.07, 6.45) is 0. The predicted octanol–water partition coefficient (Wildman–Crippen LogP) is 2.83. The van der Waals surface area contributed by atoms with Gasteiger partial charge in [-0.3, -0.25) is 9.36 Å². The third kappa shape index (κ3) is 3.00. The first-order valence-electron chi connectivity index (χ1n) is 6.74. The molecule has 0 heterocycles. The Morgan fingerprint density at radius 1 is 1.10 bits per heavy atom. The number of primary amides is 1. The molecule has 2 aromatic rings. The lowest BCUT2D eigenvalue weighted by Crippen LogP contribution is -2.24. The Balaban J connectivity index is 2.76. The molecule has 0 radical (unpaired) electrons. The van der Waals surface area contributed by atoms with E-state index in [1.807, 2.05) is 12.1 Å². The van der Waals surface area contributed by atoms with Crippen molar-refractivity contribution < 1.29 is 18.4 Å². The Bertz CT molecular complexity index is 704. The number of carbonyl (C=O) groups excluding carboxylic acids is 1. The summed E-state index contributed by atoms with van der Waals surface area (Å²) in [5.74, 6) is -0.651. The monoisotopic (exact) mass is 307 g/mol. The summed E-state index contributed by atoms with van der Waals surface area (Å²) in [5.41, 5.74) is 5.69. The highest BCUT2D eigenvalue weighted by Gasteiger charge is 2.32. The van der Waals surface area contributed by atoms with E-state index in [-0.39, 0.29) is 24.1 Å². The van der Waals surface area contributed by atoms with Crippen LogP contribution in [0.1, 0.15) is 24.2 Å². The molecule has 6 heteroatoms. The fraction of sp³-hybridized carbons (Fsp3) is 0.267. The van der Waals surface area contributed by atoms with E-state index in [2.05, 4.69) is 0 Å². The molecule has 0 unspecified atom stereocenters. The first-order valence-corrected chi connectivity index (χ1v) is 8.29. The van der Waals surface area contributed by atoms with Crippen LogP contribution in [0.5, 0.6) is 0 Å². The van der Waals surface area contributed by atoms with Crippen LogP contribution in [0.2, 0.25) is 0 Å². The smallest absolute Gasteiger partial charge is 0.362 e. The first kappa shape index (κ1) is 15.7. The summed E-state index contributed by atoms with van der Waals surface area (Å²) in [6.45, 7) is 3.86. The maximum absolute atomic E-state index is 12.9. The molecule has 5 nitrogen and oxygen atoms in total. The third-order valence-electron chi connectivity index (χ3n) is 3.05. The van der Waals surface area contributed by atoms with E-state index in [0.717, 1.165) is 5.39 Å². The second-order valence-corrected chi connectivity index (χ2v) is 6.37. The SMILES string of the molecule is CCOP(=O)(OCC)c1ccc2ccccc2c1C(N)=O. The Morgan fingerprint density at radius 2 is 1.71 bits per heavy atom. The van der Waals surface area contributed by atoms with E-state index in [9.17, 15) is 9.36 Å². The van der Waals surface area contributed by atoms with Gasteiger partial charge in [-0.2, -0.15) is 0 Å². The van der Waals surface area contributed by atoms with Crippen LogP contribution >= 0.6 is 7.60 Å². The summed E-state index contributed by atoms with van der Waals surface area (Å²) in [6, 6.07) is 10.7. The van der Waals surface area contributed by atoms with Crippen LogP contribution in [-0.4, -0.2) is 19.1 Å². The van der Waals surface area contributed by atoms with Gasteiger partial charge in [0, 0.05) is 0 Å². The van der Waals surface area contributed by atoms with Crippen LogP contribution in [0.3, 0.4) is 0 Å². The average Bonchev–Trinajstić information content (AvgIpc) is 2.46. The molecule has 0 aliphatic rings. The highest BCUT2D eigenvalue weighted by atomic mass is 31.2. The number of nitrogens with two attached hydrogens (primary N) is 1. The molecule has 0 aliphatic carbocycles. The second-order valence-electron chi connectivity index (χ2n) is 4.38. The molecule has 0 spiro atoms. The normalized spacial score (nSPS) is 11.7. The lowest BCUT2D eigenvalue weighted by molar-refractivity contribution is 0.100.